The predicted octanol–water partition coefficient (Wildman–Crippen LogP) is 4.33. The number of para-hydroxylation sites is 1. The van der Waals surface area contributed by atoms with Crippen LogP contribution in [0.3, 0.4) is 0 Å². The molecule has 1 aliphatic heterocycles. The van der Waals surface area contributed by atoms with Crippen LogP contribution in [-0.4, -0.2) is 24.2 Å². The van der Waals surface area contributed by atoms with Crippen molar-refractivity contribution in [3.63, 3.8) is 0 Å². The minimum atomic E-state index is -0.155. The molecular weight excluding hydrogens is 334 g/mol. The normalized spacial score (nSPS) is 17.3. The summed E-state index contributed by atoms with van der Waals surface area (Å²) in [6.45, 7) is 7.91. The number of benzene rings is 1. The Balaban J connectivity index is 1.79. The van der Waals surface area contributed by atoms with Crippen molar-refractivity contribution in [2.24, 2.45) is 4.99 Å². The zero-order valence-corrected chi connectivity index (χ0v) is 15.4. The molecule has 130 valence electrons. The lowest BCUT2D eigenvalue weighted by molar-refractivity contribution is -0.115. The van der Waals surface area contributed by atoms with E-state index in [2.05, 4.69) is 29.1 Å². The van der Waals surface area contributed by atoms with Crippen LogP contribution in [0.5, 0.6) is 0 Å². The summed E-state index contributed by atoms with van der Waals surface area (Å²) in [5.74, 6) is 1.32. The van der Waals surface area contributed by atoms with E-state index in [0.29, 0.717) is 15.8 Å². The van der Waals surface area contributed by atoms with Gasteiger partial charge in [-0.1, -0.05) is 18.2 Å². The van der Waals surface area contributed by atoms with E-state index in [-0.39, 0.29) is 5.91 Å². The summed E-state index contributed by atoms with van der Waals surface area (Å²) < 4.78 is 5.83. The zero-order valence-electron chi connectivity index (χ0n) is 14.6. The summed E-state index contributed by atoms with van der Waals surface area (Å²) in [6.07, 6.45) is 1.76. The molecule has 6 heteroatoms. The molecule has 0 unspecified atom stereocenters. The molecule has 1 N–H and O–H groups in total. The molecule has 0 radical (unpaired) electrons. The first-order chi connectivity index (χ1) is 12.1. The summed E-state index contributed by atoms with van der Waals surface area (Å²) in [5, 5.41) is 3.39. The molecule has 1 amide bonds. The fourth-order valence-corrected chi connectivity index (χ4v) is 3.35. The van der Waals surface area contributed by atoms with Gasteiger partial charge in [-0.25, -0.2) is 4.99 Å². The molecule has 5 nitrogen and oxygen atoms in total. The standard InChI is InChI=1S/C19H21N3O2S/c1-4-22(5-2)17-11-10-14(24-17)12-16-18(23)21-19(25-16)20-15-9-7-6-8-13(15)3/h6-12H,4-5H2,1-3H3,(H,20,21,23)/b16-12-. The van der Waals surface area contributed by atoms with Gasteiger partial charge in [0, 0.05) is 25.2 Å². The monoisotopic (exact) mass is 355 g/mol. The zero-order chi connectivity index (χ0) is 17.8. The number of hydrogen-bond donors (Lipinski definition) is 1. The molecule has 0 saturated carbocycles. The number of carbonyl (C=O) groups is 1. The number of nitrogens with zero attached hydrogens (tertiary/aromatic N) is 2. The van der Waals surface area contributed by atoms with Gasteiger partial charge in [-0.3, -0.25) is 4.79 Å². The number of anilines is 1. The van der Waals surface area contributed by atoms with Crippen LogP contribution in [0.4, 0.5) is 11.6 Å². The van der Waals surface area contributed by atoms with E-state index >= 15 is 0 Å². The predicted molar refractivity (Wildman–Crippen MR) is 104 cm³/mol. The first-order valence-electron chi connectivity index (χ1n) is 8.30. The molecule has 0 aliphatic carbocycles. The molecule has 1 aliphatic rings. The molecule has 0 atom stereocenters. The van der Waals surface area contributed by atoms with Crippen molar-refractivity contribution < 1.29 is 9.21 Å². The van der Waals surface area contributed by atoms with Crippen LogP contribution >= 0.6 is 11.8 Å². The maximum Gasteiger partial charge on any atom is 0.264 e. The number of amidine groups is 1. The van der Waals surface area contributed by atoms with Gasteiger partial charge in [0.1, 0.15) is 5.76 Å². The van der Waals surface area contributed by atoms with Gasteiger partial charge >= 0.3 is 0 Å². The minimum Gasteiger partial charge on any atom is -0.441 e. The second kappa shape index (κ2) is 7.61. The maximum atomic E-state index is 12.2. The SMILES string of the molecule is CCN(CC)c1ccc(/C=C2\SC(=Nc3ccccc3C)NC2=O)o1. The average molecular weight is 355 g/mol. The van der Waals surface area contributed by atoms with E-state index in [1.54, 1.807) is 6.08 Å². The van der Waals surface area contributed by atoms with Gasteiger partial charge in [0.25, 0.3) is 5.91 Å². The number of carbonyl (C=O) groups excluding carboxylic acids is 1. The number of furan rings is 1. The maximum absolute atomic E-state index is 12.2. The van der Waals surface area contributed by atoms with Gasteiger partial charge in [-0.15, -0.1) is 0 Å². The van der Waals surface area contributed by atoms with Crippen molar-refractivity contribution in [2.75, 3.05) is 18.0 Å². The fourth-order valence-electron chi connectivity index (χ4n) is 2.53. The van der Waals surface area contributed by atoms with Crippen molar-refractivity contribution in [3.8, 4) is 0 Å². The Morgan fingerprint density at radius 3 is 2.68 bits per heavy atom. The molecule has 25 heavy (non-hydrogen) atoms. The summed E-state index contributed by atoms with van der Waals surface area (Å²) >= 11 is 1.32. The Labute approximate surface area is 151 Å². The lowest BCUT2D eigenvalue weighted by atomic mass is 10.2. The third kappa shape index (κ3) is 3.96. The van der Waals surface area contributed by atoms with Crippen molar-refractivity contribution in [3.05, 3.63) is 52.6 Å². The highest BCUT2D eigenvalue weighted by Gasteiger charge is 2.24. The molecule has 0 bridgehead atoms. The van der Waals surface area contributed by atoms with Crippen LogP contribution in [0.15, 0.2) is 50.7 Å². The number of rotatable bonds is 5. The van der Waals surface area contributed by atoms with E-state index in [9.17, 15) is 4.79 Å². The summed E-state index contributed by atoms with van der Waals surface area (Å²) in [4.78, 5) is 19.4. The molecule has 2 heterocycles. The van der Waals surface area contributed by atoms with Gasteiger partial charge in [0.15, 0.2) is 11.1 Å². The van der Waals surface area contributed by atoms with Crippen LogP contribution in [-0.2, 0) is 4.79 Å². The van der Waals surface area contributed by atoms with E-state index in [0.717, 1.165) is 30.2 Å². The Morgan fingerprint density at radius 1 is 1.20 bits per heavy atom. The smallest absolute Gasteiger partial charge is 0.264 e. The molecule has 1 fully saturated rings. The second-order valence-corrected chi connectivity index (χ2v) is 6.65. The van der Waals surface area contributed by atoms with Gasteiger partial charge in [0.05, 0.1) is 10.6 Å². The Kier molecular flexibility index (Phi) is 5.28. The Morgan fingerprint density at radius 2 is 1.96 bits per heavy atom. The van der Waals surface area contributed by atoms with Gasteiger partial charge in [-0.2, -0.15) is 0 Å². The van der Waals surface area contributed by atoms with Crippen molar-refractivity contribution in [1.82, 2.24) is 5.32 Å². The van der Waals surface area contributed by atoms with Crippen molar-refractivity contribution in [1.29, 1.82) is 0 Å². The van der Waals surface area contributed by atoms with Crippen LogP contribution in [0.1, 0.15) is 25.2 Å². The highest BCUT2D eigenvalue weighted by Crippen LogP contribution is 2.30. The molecule has 1 saturated heterocycles. The van der Waals surface area contributed by atoms with Gasteiger partial charge < -0.3 is 14.6 Å². The molecule has 1 aromatic carbocycles. The Bertz CT molecular complexity index is 835. The Hall–Kier alpha value is -2.47. The molecule has 0 spiro atoms. The topological polar surface area (TPSA) is 57.8 Å². The number of aliphatic imine (C=N–C) groups is 1. The van der Waals surface area contributed by atoms with E-state index in [4.69, 9.17) is 4.42 Å². The molecule has 1 aromatic heterocycles. The quantitative estimate of drug-likeness (QED) is 0.811. The lowest BCUT2D eigenvalue weighted by Crippen LogP contribution is -2.20. The largest absolute Gasteiger partial charge is 0.441 e. The molecular formula is C19H21N3O2S. The highest BCUT2D eigenvalue weighted by atomic mass is 32.2. The second-order valence-electron chi connectivity index (χ2n) is 5.62. The summed E-state index contributed by atoms with van der Waals surface area (Å²) in [6, 6.07) is 11.6. The van der Waals surface area contributed by atoms with Crippen molar-refractivity contribution >= 4 is 40.5 Å². The van der Waals surface area contributed by atoms with Crippen molar-refractivity contribution in [2.45, 2.75) is 20.8 Å². The first kappa shape index (κ1) is 17.4. The molecule has 3 rings (SSSR count). The van der Waals surface area contributed by atoms with Crippen LogP contribution in [0.25, 0.3) is 6.08 Å². The molecule has 2 aromatic rings. The summed E-state index contributed by atoms with van der Waals surface area (Å²) in [7, 11) is 0. The van der Waals surface area contributed by atoms with Crippen LogP contribution < -0.4 is 10.2 Å². The number of aryl methyl sites for hydroxylation is 1. The van der Waals surface area contributed by atoms with E-state index in [1.165, 1.54) is 11.8 Å². The van der Waals surface area contributed by atoms with Gasteiger partial charge in [-0.05, 0) is 50.2 Å². The van der Waals surface area contributed by atoms with Crippen LogP contribution in [0.2, 0.25) is 0 Å². The third-order valence-corrected chi connectivity index (χ3v) is 4.86. The third-order valence-electron chi connectivity index (χ3n) is 3.95. The van der Waals surface area contributed by atoms with E-state index < -0.39 is 0 Å². The fraction of sp³-hybridized carbons (Fsp3) is 0.263. The number of nitrogens with one attached hydrogen (secondary N) is 1. The lowest BCUT2D eigenvalue weighted by Gasteiger charge is -2.16. The van der Waals surface area contributed by atoms with Gasteiger partial charge in [0.2, 0.25) is 0 Å². The number of amides is 1. The highest BCUT2D eigenvalue weighted by molar-refractivity contribution is 8.18. The summed E-state index contributed by atoms with van der Waals surface area (Å²) in [5.41, 5.74) is 1.92. The first-order valence-corrected chi connectivity index (χ1v) is 9.12. The van der Waals surface area contributed by atoms with Crippen LogP contribution in [0, 0.1) is 6.92 Å². The average Bonchev–Trinajstić information content (AvgIpc) is 3.19. The van der Waals surface area contributed by atoms with E-state index in [1.807, 2.05) is 43.3 Å². The number of thioether (sulfide) groups is 1. The number of hydrogen-bond acceptors (Lipinski definition) is 5. The minimum absolute atomic E-state index is 0.155.